The number of hydrogen-bond acceptors (Lipinski definition) is 3. The molecule has 0 saturated heterocycles. The van der Waals surface area contributed by atoms with Crippen molar-refractivity contribution in [2.45, 2.75) is 39.3 Å². The number of carboxylic acids is 1. The van der Waals surface area contributed by atoms with E-state index in [4.69, 9.17) is 9.84 Å². The first-order valence-corrected chi connectivity index (χ1v) is 6.24. The van der Waals surface area contributed by atoms with Gasteiger partial charge in [-0.15, -0.1) is 0 Å². The molecule has 0 saturated carbocycles. The van der Waals surface area contributed by atoms with E-state index in [1.807, 2.05) is 24.3 Å². The van der Waals surface area contributed by atoms with Crippen molar-refractivity contribution in [3.8, 4) is 5.75 Å². The number of likely N-dealkylation sites (N-methyl/N-ethyl adjacent to an activating group) is 1. The molecule has 4 nitrogen and oxygen atoms in total. The maximum atomic E-state index is 10.7. The number of nitrogens with one attached hydrogen (secondary N) is 1. The van der Waals surface area contributed by atoms with Crippen LogP contribution in [-0.2, 0) is 11.2 Å². The lowest BCUT2D eigenvalue weighted by Gasteiger charge is -2.13. The highest BCUT2D eigenvalue weighted by atomic mass is 16.5. The van der Waals surface area contributed by atoms with Crippen LogP contribution < -0.4 is 10.1 Å². The Labute approximate surface area is 108 Å². The standard InChI is InChI=1S/C14H21NO3/c1-4-15-10(2)9-12-5-7-13(8-6-12)18-11(3)14(16)17/h5-8,10-11,15H,4,9H2,1-3H3,(H,16,17). The summed E-state index contributed by atoms with van der Waals surface area (Å²) in [5.41, 5.74) is 1.21. The van der Waals surface area contributed by atoms with Crippen molar-refractivity contribution in [3.63, 3.8) is 0 Å². The van der Waals surface area contributed by atoms with Gasteiger partial charge >= 0.3 is 5.97 Å². The molecule has 2 atom stereocenters. The van der Waals surface area contributed by atoms with Crippen molar-refractivity contribution >= 4 is 5.97 Å². The van der Waals surface area contributed by atoms with Crippen molar-refractivity contribution < 1.29 is 14.6 Å². The second-order valence-electron chi connectivity index (χ2n) is 4.41. The Hall–Kier alpha value is -1.55. The van der Waals surface area contributed by atoms with Crippen LogP contribution in [0.3, 0.4) is 0 Å². The van der Waals surface area contributed by atoms with Crippen LogP contribution in [0.2, 0.25) is 0 Å². The summed E-state index contributed by atoms with van der Waals surface area (Å²) in [4.78, 5) is 10.7. The quantitative estimate of drug-likeness (QED) is 0.779. The van der Waals surface area contributed by atoms with Crippen molar-refractivity contribution in [1.82, 2.24) is 5.32 Å². The van der Waals surface area contributed by atoms with E-state index in [2.05, 4.69) is 19.2 Å². The fourth-order valence-corrected chi connectivity index (χ4v) is 1.73. The number of rotatable bonds is 7. The minimum atomic E-state index is -0.958. The Bertz CT molecular complexity index is 375. The Morgan fingerprint density at radius 3 is 2.44 bits per heavy atom. The molecular formula is C14H21NO3. The molecule has 0 aliphatic heterocycles. The fraction of sp³-hybridized carbons (Fsp3) is 0.500. The van der Waals surface area contributed by atoms with Gasteiger partial charge in [-0.25, -0.2) is 4.79 Å². The zero-order chi connectivity index (χ0) is 13.5. The summed E-state index contributed by atoms with van der Waals surface area (Å²) in [7, 11) is 0. The van der Waals surface area contributed by atoms with E-state index in [1.165, 1.54) is 12.5 Å². The van der Waals surface area contributed by atoms with Crippen molar-refractivity contribution in [3.05, 3.63) is 29.8 Å². The summed E-state index contributed by atoms with van der Waals surface area (Å²) in [5, 5.41) is 12.1. The monoisotopic (exact) mass is 251 g/mol. The molecule has 2 unspecified atom stereocenters. The van der Waals surface area contributed by atoms with E-state index in [1.54, 1.807) is 0 Å². The third-order valence-corrected chi connectivity index (χ3v) is 2.68. The molecule has 0 heterocycles. The minimum Gasteiger partial charge on any atom is -0.479 e. The number of aliphatic carboxylic acids is 1. The first-order valence-electron chi connectivity index (χ1n) is 6.24. The molecule has 1 aromatic rings. The Balaban J connectivity index is 2.54. The number of hydrogen-bond donors (Lipinski definition) is 2. The van der Waals surface area contributed by atoms with Gasteiger partial charge in [-0.3, -0.25) is 0 Å². The van der Waals surface area contributed by atoms with Crippen LogP contribution in [0.25, 0.3) is 0 Å². The maximum Gasteiger partial charge on any atom is 0.344 e. The van der Waals surface area contributed by atoms with Crippen LogP contribution in [0.5, 0.6) is 5.75 Å². The van der Waals surface area contributed by atoms with Crippen LogP contribution in [0.15, 0.2) is 24.3 Å². The molecule has 0 aromatic heterocycles. The van der Waals surface area contributed by atoms with Gasteiger partial charge in [0.1, 0.15) is 5.75 Å². The second-order valence-corrected chi connectivity index (χ2v) is 4.41. The molecule has 0 radical (unpaired) electrons. The molecule has 0 aliphatic carbocycles. The lowest BCUT2D eigenvalue weighted by atomic mass is 10.1. The summed E-state index contributed by atoms with van der Waals surface area (Å²) < 4.78 is 5.27. The Morgan fingerprint density at radius 2 is 1.94 bits per heavy atom. The van der Waals surface area contributed by atoms with Crippen LogP contribution in [-0.4, -0.2) is 29.8 Å². The smallest absolute Gasteiger partial charge is 0.344 e. The molecule has 2 N–H and O–H groups in total. The van der Waals surface area contributed by atoms with E-state index in [0.29, 0.717) is 11.8 Å². The molecular weight excluding hydrogens is 230 g/mol. The average molecular weight is 251 g/mol. The zero-order valence-electron chi connectivity index (χ0n) is 11.1. The van der Waals surface area contributed by atoms with Gasteiger partial charge in [-0.2, -0.15) is 0 Å². The lowest BCUT2D eigenvalue weighted by Crippen LogP contribution is -2.27. The summed E-state index contributed by atoms with van der Waals surface area (Å²) in [5.74, 6) is -0.371. The highest BCUT2D eigenvalue weighted by molar-refractivity contribution is 5.72. The molecule has 1 aromatic carbocycles. The predicted molar refractivity (Wildman–Crippen MR) is 71.0 cm³/mol. The first kappa shape index (κ1) is 14.5. The topological polar surface area (TPSA) is 58.6 Å². The average Bonchev–Trinajstić information content (AvgIpc) is 2.31. The maximum absolute atomic E-state index is 10.7. The van der Waals surface area contributed by atoms with Crippen molar-refractivity contribution in [2.75, 3.05) is 6.54 Å². The Morgan fingerprint density at radius 1 is 1.33 bits per heavy atom. The van der Waals surface area contributed by atoms with Crippen LogP contribution in [0.1, 0.15) is 26.3 Å². The van der Waals surface area contributed by atoms with Gasteiger partial charge in [0.2, 0.25) is 0 Å². The van der Waals surface area contributed by atoms with Crippen LogP contribution in [0.4, 0.5) is 0 Å². The van der Waals surface area contributed by atoms with Gasteiger partial charge in [0.15, 0.2) is 6.10 Å². The third kappa shape index (κ3) is 4.75. The normalized spacial score (nSPS) is 13.9. The molecule has 0 amide bonds. The van der Waals surface area contributed by atoms with Gasteiger partial charge in [0.05, 0.1) is 0 Å². The van der Waals surface area contributed by atoms with E-state index < -0.39 is 12.1 Å². The lowest BCUT2D eigenvalue weighted by molar-refractivity contribution is -0.144. The SMILES string of the molecule is CCNC(C)Cc1ccc(OC(C)C(=O)O)cc1. The van der Waals surface area contributed by atoms with E-state index in [9.17, 15) is 4.79 Å². The summed E-state index contributed by atoms with van der Waals surface area (Å²) in [6.45, 7) is 6.70. The molecule has 0 spiro atoms. The molecule has 0 fully saturated rings. The van der Waals surface area contributed by atoms with Gasteiger partial charge in [0, 0.05) is 6.04 Å². The molecule has 100 valence electrons. The molecule has 4 heteroatoms. The van der Waals surface area contributed by atoms with Crippen LogP contribution >= 0.6 is 0 Å². The highest BCUT2D eigenvalue weighted by Crippen LogP contribution is 2.15. The first-order chi connectivity index (χ1) is 8.52. The minimum absolute atomic E-state index is 0.430. The van der Waals surface area contributed by atoms with Gasteiger partial charge in [-0.1, -0.05) is 19.1 Å². The van der Waals surface area contributed by atoms with E-state index in [-0.39, 0.29) is 0 Å². The third-order valence-electron chi connectivity index (χ3n) is 2.68. The van der Waals surface area contributed by atoms with Gasteiger partial charge in [0.25, 0.3) is 0 Å². The number of benzene rings is 1. The predicted octanol–water partition coefficient (Wildman–Crippen LogP) is 2.08. The largest absolute Gasteiger partial charge is 0.479 e. The summed E-state index contributed by atoms with van der Waals surface area (Å²) in [6.07, 6.45) is 0.124. The summed E-state index contributed by atoms with van der Waals surface area (Å²) in [6, 6.07) is 8.00. The zero-order valence-corrected chi connectivity index (χ0v) is 11.1. The number of carbonyl (C=O) groups is 1. The van der Waals surface area contributed by atoms with E-state index in [0.717, 1.165) is 13.0 Å². The van der Waals surface area contributed by atoms with Gasteiger partial charge < -0.3 is 15.2 Å². The second kappa shape index (κ2) is 7.01. The highest BCUT2D eigenvalue weighted by Gasteiger charge is 2.12. The molecule has 1 rings (SSSR count). The van der Waals surface area contributed by atoms with Crippen molar-refractivity contribution in [2.24, 2.45) is 0 Å². The van der Waals surface area contributed by atoms with Gasteiger partial charge in [-0.05, 0) is 44.5 Å². The Kier molecular flexibility index (Phi) is 5.65. The fourth-order valence-electron chi connectivity index (χ4n) is 1.73. The molecule has 18 heavy (non-hydrogen) atoms. The molecule has 0 bridgehead atoms. The van der Waals surface area contributed by atoms with Crippen molar-refractivity contribution in [1.29, 1.82) is 0 Å². The number of ether oxygens (including phenoxy) is 1. The van der Waals surface area contributed by atoms with Crippen LogP contribution in [0, 0.1) is 0 Å². The summed E-state index contributed by atoms with van der Waals surface area (Å²) >= 11 is 0. The number of carboxylic acid groups (broad SMARTS) is 1. The molecule has 0 aliphatic rings. The van der Waals surface area contributed by atoms with E-state index >= 15 is 0 Å².